The minimum atomic E-state index is -3.99. The van der Waals surface area contributed by atoms with Crippen LogP contribution in [0.4, 0.5) is 5.69 Å². The van der Waals surface area contributed by atoms with Gasteiger partial charge in [0, 0.05) is 6.07 Å². The van der Waals surface area contributed by atoms with Crippen molar-refractivity contribution in [1.82, 2.24) is 5.43 Å². The summed E-state index contributed by atoms with van der Waals surface area (Å²) in [7, 11) is -2.48. The molecule has 3 aromatic rings. The highest BCUT2D eigenvalue weighted by Gasteiger charge is 2.27. The van der Waals surface area contributed by atoms with E-state index in [2.05, 4.69) is 26.5 Å². The second-order valence-electron chi connectivity index (χ2n) is 6.37. The molecule has 0 bridgehead atoms. The summed E-state index contributed by atoms with van der Waals surface area (Å²) in [5, 5.41) is 3.84. The summed E-state index contributed by atoms with van der Waals surface area (Å²) in [5.74, 6) is 1.06. The first kappa shape index (κ1) is 22.6. The highest BCUT2D eigenvalue weighted by molar-refractivity contribution is 9.10. The predicted molar refractivity (Wildman–Crippen MR) is 121 cm³/mol. The molecule has 162 valence electrons. The van der Waals surface area contributed by atoms with E-state index in [0.717, 1.165) is 8.78 Å². The quantitative estimate of drug-likeness (QED) is 0.371. The maximum Gasteiger partial charge on any atom is 0.264 e. The minimum absolute atomic E-state index is 0.0676. The molecular formula is C21H20BrN3O5S. The molecule has 0 radical (unpaired) electrons. The summed E-state index contributed by atoms with van der Waals surface area (Å²) >= 11 is 3.32. The molecule has 0 aliphatic rings. The van der Waals surface area contributed by atoms with E-state index in [9.17, 15) is 13.2 Å². The van der Waals surface area contributed by atoms with Crippen LogP contribution >= 0.6 is 15.9 Å². The number of anilines is 1. The lowest BCUT2D eigenvalue weighted by Gasteiger charge is -2.23. The number of nitrogens with one attached hydrogen (secondary N) is 1. The number of amides is 1. The van der Waals surface area contributed by atoms with Crippen LogP contribution in [-0.2, 0) is 14.8 Å². The molecular weight excluding hydrogens is 486 g/mol. The number of hydrogen-bond acceptors (Lipinski definition) is 6. The van der Waals surface area contributed by atoms with Gasteiger partial charge in [-0.05, 0) is 59.3 Å². The molecule has 1 aromatic heterocycles. The third-order valence-corrected chi connectivity index (χ3v) is 6.81. The number of benzene rings is 2. The highest BCUT2D eigenvalue weighted by Crippen LogP contribution is 2.25. The second kappa shape index (κ2) is 9.80. The Morgan fingerprint density at radius 3 is 2.45 bits per heavy atom. The van der Waals surface area contributed by atoms with Crippen LogP contribution in [0, 0.1) is 6.92 Å². The monoisotopic (exact) mass is 505 g/mol. The number of hydrazone groups is 1. The smallest absolute Gasteiger partial charge is 0.264 e. The summed E-state index contributed by atoms with van der Waals surface area (Å²) in [6, 6.07) is 16.0. The average molecular weight is 506 g/mol. The zero-order chi connectivity index (χ0) is 22.4. The van der Waals surface area contributed by atoms with Crippen molar-refractivity contribution in [3.8, 4) is 5.75 Å². The molecule has 0 spiro atoms. The molecule has 10 heteroatoms. The molecule has 3 rings (SSSR count). The Labute approximate surface area is 188 Å². The maximum atomic E-state index is 13.2. The Balaban J connectivity index is 1.82. The van der Waals surface area contributed by atoms with Gasteiger partial charge >= 0.3 is 0 Å². The van der Waals surface area contributed by atoms with Crippen LogP contribution < -0.4 is 14.5 Å². The molecule has 0 aliphatic carbocycles. The van der Waals surface area contributed by atoms with E-state index in [-0.39, 0.29) is 4.90 Å². The Morgan fingerprint density at radius 2 is 1.87 bits per heavy atom. The van der Waals surface area contributed by atoms with Gasteiger partial charge in [0.2, 0.25) is 0 Å². The minimum Gasteiger partial charge on any atom is -0.497 e. The Bertz CT molecular complexity index is 1160. The molecule has 1 heterocycles. The molecule has 0 atom stereocenters. The third kappa shape index (κ3) is 5.53. The molecule has 0 saturated carbocycles. The molecule has 0 aliphatic heterocycles. The maximum absolute atomic E-state index is 13.2. The molecule has 1 amide bonds. The molecule has 0 fully saturated rings. The van der Waals surface area contributed by atoms with Crippen LogP contribution in [-0.4, -0.2) is 34.2 Å². The first-order valence-electron chi connectivity index (χ1n) is 9.11. The molecule has 8 nitrogen and oxygen atoms in total. The van der Waals surface area contributed by atoms with Gasteiger partial charge in [-0.3, -0.25) is 9.10 Å². The first-order valence-corrected chi connectivity index (χ1v) is 11.3. The summed E-state index contributed by atoms with van der Waals surface area (Å²) in [6.07, 6.45) is 1.33. The number of sulfonamides is 1. The normalized spacial score (nSPS) is 11.5. The number of aryl methyl sites for hydroxylation is 1. The summed E-state index contributed by atoms with van der Waals surface area (Å²) in [6.45, 7) is 1.31. The first-order chi connectivity index (χ1) is 14.8. The number of furan rings is 1. The van der Waals surface area contributed by atoms with E-state index in [1.807, 2.05) is 0 Å². The van der Waals surface area contributed by atoms with Crippen molar-refractivity contribution < 1.29 is 22.4 Å². The number of methoxy groups -OCH3 is 1. The third-order valence-electron chi connectivity index (χ3n) is 4.24. The zero-order valence-electron chi connectivity index (χ0n) is 16.8. The lowest BCUT2D eigenvalue weighted by atomic mass is 10.3. The van der Waals surface area contributed by atoms with Crippen LogP contribution in [0.5, 0.6) is 5.75 Å². The van der Waals surface area contributed by atoms with Crippen molar-refractivity contribution >= 4 is 43.8 Å². The summed E-state index contributed by atoms with van der Waals surface area (Å²) in [4.78, 5) is 12.6. The topological polar surface area (TPSA) is 101 Å². The number of ether oxygens (including phenoxy) is 1. The van der Waals surface area contributed by atoms with Crippen molar-refractivity contribution in [2.75, 3.05) is 18.0 Å². The SMILES string of the molecule is COc1ccc(N(CC(=O)N/N=C/c2cc(Br)c(C)o2)S(=O)(=O)c2ccccc2)cc1. The van der Waals surface area contributed by atoms with Gasteiger partial charge in [-0.25, -0.2) is 13.8 Å². The van der Waals surface area contributed by atoms with Gasteiger partial charge in [-0.1, -0.05) is 18.2 Å². The second-order valence-corrected chi connectivity index (χ2v) is 9.09. The van der Waals surface area contributed by atoms with Crippen LogP contribution in [0.2, 0.25) is 0 Å². The van der Waals surface area contributed by atoms with E-state index in [0.29, 0.717) is 23.0 Å². The van der Waals surface area contributed by atoms with Crippen molar-refractivity contribution in [2.45, 2.75) is 11.8 Å². The van der Waals surface area contributed by atoms with Gasteiger partial charge in [0.05, 0.1) is 28.4 Å². The number of carbonyl (C=O) groups is 1. The van der Waals surface area contributed by atoms with Crippen LogP contribution in [0.15, 0.2) is 79.6 Å². The molecule has 2 aromatic carbocycles. The summed E-state index contributed by atoms with van der Waals surface area (Å²) in [5.41, 5.74) is 2.64. The number of hydrogen-bond donors (Lipinski definition) is 1. The Hall–Kier alpha value is -3.11. The fourth-order valence-electron chi connectivity index (χ4n) is 2.66. The van der Waals surface area contributed by atoms with Crippen molar-refractivity contribution in [3.05, 3.63) is 76.7 Å². The number of nitrogens with zero attached hydrogens (tertiary/aromatic N) is 2. The van der Waals surface area contributed by atoms with Gasteiger partial charge in [-0.2, -0.15) is 5.10 Å². The lowest BCUT2D eigenvalue weighted by Crippen LogP contribution is -2.39. The highest BCUT2D eigenvalue weighted by atomic mass is 79.9. The fourth-order valence-corrected chi connectivity index (χ4v) is 4.41. The van der Waals surface area contributed by atoms with Crippen molar-refractivity contribution in [3.63, 3.8) is 0 Å². The Morgan fingerprint density at radius 1 is 1.19 bits per heavy atom. The van der Waals surface area contributed by atoms with Gasteiger partial charge < -0.3 is 9.15 Å². The Kier molecular flexibility index (Phi) is 7.13. The average Bonchev–Trinajstić information content (AvgIpc) is 3.09. The van der Waals surface area contributed by atoms with E-state index in [1.165, 1.54) is 25.5 Å². The number of rotatable bonds is 8. The fraction of sp³-hybridized carbons (Fsp3) is 0.143. The van der Waals surface area contributed by atoms with E-state index >= 15 is 0 Å². The van der Waals surface area contributed by atoms with Gasteiger partial charge in [0.1, 0.15) is 23.8 Å². The van der Waals surface area contributed by atoms with E-state index < -0.39 is 22.5 Å². The van der Waals surface area contributed by atoms with Crippen molar-refractivity contribution in [2.24, 2.45) is 5.10 Å². The summed E-state index contributed by atoms with van der Waals surface area (Å²) < 4.78 is 38.8. The van der Waals surface area contributed by atoms with Crippen LogP contribution in [0.25, 0.3) is 0 Å². The number of halogens is 1. The van der Waals surface area contributed by atoms with Crippen molar-refractivity contribution in [1.29, 1.82) is 0 Å². The molecule has 0 saturated heterocycles. The predicted octanol–water partition coefficient (Wildman–Crippen LogP) is 3.70. The standard InChI is InChI=1S/C21H20BrN3O5S/c1-15-20(22)12-18(30-15)13-23-24-21(26)14-25(16-8-10-17(29-2)11-9-16)31(27,28)19-6-4-3-5-7-19/h3-13H,14H2,1-2H3,(H,24,26)/b23-13+. The number of carbonyl (C=O) groups excluding carboxylic acids is 1. The zero-order valence-corrected chi connectivity index (χ0v) is 19.2. The van der Waals surface area contributed by atoms with Crippen LogP contribution in [0.1, 0.15) is 11.5 Å². The van der Waals surface area contributed by atoms with Gasteiger partial charge in [0.15, 0.2) is 0 Å². The molecule has 1 N–H and O–H groups in total. The molecule has 31 heavy (non-hydrogen) atoms. The van der Waals surface area contributed by atoms with E-state index in [4.69, 9.17) is 9.15 Å². The van der Waals surface area contributed by atoms with E-state index in [1.54, 1.807) is 55.5 Å². The van der Waals surface area contributed by atoms with Crippen LogP contribution in [0.3, 0.4) is 0 Å². The van der Waals surface area contributed by atoms with Gasteiger partial charge in [-0.15, -0.1) is 0 Å². The molecule has 0 unspecified atom stereocenters. The van der Waals surface area contributed by atoms with Gasteiger partial charge in [0.25, 0.3) is 15.9 Å². The lowest BCUT2D eigenvalue weighted by molar-refractivity contribution is -0.119. The largest absolute Gasteiger partial charge is 0.497 e.